The smallest absolute Gasteiger partial charge is 0.332 e. The van der Waals surface area contributed by atoms with Gasteiger partial charge in [0.1, 0.15) is 5.75 Å². The number of aromatic nitrogens is 4. The molecule has 0 aliphatic rings. The second-order valence-corrected chi connectivity index (χ2v) is 8.41. The highest BCUT2D eigenvalue weighted by atomic mass is 35.5. The van der Waals surface area contributed by atoms with Gasteiger partial charge >= 0.3 is 11.7 Å². The molecular formula is C23H25Cl2N5O3. The van der Waals surface area contributed by atoms with E-state index in [-0.39, 0.29) is 29.6 Å². The molecule has 2 aromatic heterocycles. The first kappa shape index (κ1) is 24.6. The van der Waals surface area contributed by atoms with Crippen molar-refractivity contribution >= 4 is 35.2 Å². The highest BCUT2D eigenvalue weighted by molar-refractivity contribution is 6.30. The Morgan fingerprint density at radius 2 is 1.70 bits per heavy atom. The molecule has 0 saturated heterocycles. The van der Waals surface area contributed by atoms with Crippen LogP contribution in [-0.2, 0) is 27.2 Å². The fourth-order valence-electron chi connectivity index (χ4n) is 3.65. The zero-order chi connectivity index (χ0) is 23.0. The summed E-state index contributed by atoms with van der Waals surface area (Å²) in [4.78, 5) is 32.1. The molecular weight excluding hydrogens is 465 g/mol. The first-order chi connectivity index (χ1) is 15.2. The van der Waals surface area contributed by atoms with Gasteiger partial charge in [0, 0.05) is 25.7 Å². The molecule has 2 heterocycles. The molecule has 33 heavy (non-hydrogen) atoms. The summed E-state index contributed by atoms with van der Waals surface area (Å²) in [6, 6.07) is 15.3. The van der Waals surface area contributed by atoms with Gasteiger partial charge in [-0.15, -0.1) is 12.4 Å². The third-order valence-electron chi connectivity index (χ3n) is 5.15. The van der Waals surface area contributed by atoms with Crippen LogP contribution in [0.5, 0.6) is 11.8 Å². The molecule has 0 radical (unpaired) electrons. The standard InChI is InChI=1S/C23H24ClN5O3.ClH/c1-26(2)13-16-8-6-10-18(12-16)32-22-25-20-19(21(30)28(4)23(31)27(20)3)29(22)14-15-7-5-9-17(24)11-15;/h5-12H,13-14H2,1-4H3;1H. The number of aryl methyl sites for hydroxylation is 1. The fraction of sp³-hybridized carbons (Fsp3) is 0.261. The number of rotatable bonds is 6. The molecule has 10 heteroatoms. The lowest BCUT2D eigenvalue weighted by molar-refractivity contribution is 0.397. The Labute approximate surface area is 202 Å². The Balaban J connectivity index is 0.00000306. The van der Waals surface area contributed by atoms with Crippen molar-refractivity contribution in [3.05, 3.63) is 85.5 Å². The summed E-state index contributed by atoms with van der Waals surface area (Å²) < 4.78 is 10.2. The maximum Gasteiger partial charge on any atom is 0.332 e. The van der Waals surface area contributed by atoms with Crippen molar-refractivity contribution in [2.24, 2.45) is 14.1 Å². The second kappa shape index (κ2) is 9.82. The van der Waals surface area contributed by atoms with Crippen LogP contribution in [-0.4, -0.2) is 37.7 Å². The Kier molecular flexibility index (Phi) is 7.31. The van der Waals surface area contributed by atoms with E-state index < -0.39 is 11.2 Å². The topological polar surface area (TPSA) is 74.3 Å². The van der Waals surface area contributed by atoms with E-state index in [1.165, 1.54) is 11.6 Å². The molecule has 0 aliphatic carbocycles. The van der Waals surface area contributed by atoms with E-state index in [9.17, 15) is 9.59 Å². The summed E-state index contributed by atoms with van der Waals surface area (Å²) in [7, 11) is 7.02. The molecule has 0 spiro atoms. The fourth-order valence-corrected chi connectivity index (χ4v) is 3.86. The molecule has 174 valence electrons. The van der Waals surface area contributed by atoms with E-state index in [1.807, 2.05) is 56.6 Å². The molecule has 0 atom stereocenters. The Morgan fingerprint density at radius 3 is 2.39 bits per heavy atom. The Hall–Kier alpha value is -3.07. The van der Waals surface area contributed by atoms with Crippen molar-refractivity contribution in [1.82, 2.24) is 23.6 Å². The van der Waals surface area contributed by atoms with Crippen molar-refractivity contribution in [1.29, 1.82) is 0 Å². The number of imidazole rings is 1. The molecule has 4 aromatic rings. The largest absolute Gasteiger partial charge is 0.425 e. The molecule has 0 unspecified atom stereocenters. The second-order valence-electron chi connectivity index (χ2n) is 7.98. The van der Waals surface area contributed by atoms with E-state index in [4.69, 9.17) is 16.3 Å². The summed E-state index contributed by atoms with van der Waals surface area (Å²) >= 11 is 6.16. The molecule has 4 rings (SSSR count). The third-order valence-corrected chi connectivity index (χ3v) is 5.38. The van der Waals surface area contributed by atoms with Gasteiger partial charge in [-0.05, 0) is 49.5 Å². The number of nitrogens with zero attached hydrogens (tertiary/aromatic N) is 5. The van der Waals surface area contributed by atoms with Gasteiger partial charge in [0.15, 0.2) is 11.2 Å². The van der Waals surface area contributed by atoms with E-state index in [0.717, 1.165) is 22.2 Å². The van der Waals surface area contributed by atoms with Gasteiger partial charge in [0.05, 0.1) is 6.54 Å². The van der Waals surface area contributed by atoms with Gasteiger partial charge < -0.3 is 9.64 Å². The van der Waals surface area contributed by atoms with Gasteiger partial charge in [0.2, 0.25) is 0 Å². The van der Waals surface area contributed by atoms with Crippen LogP contribution in [0.2, 0.25) is 5.02 Å². The third kappa shape index (κ3) is 4.98. The molecule has 8 nitrogen and oxygen atoms in total. The Bertz CT molecular complexity index is 1420. The van der Waals surface area contributed by atoms with Crippen LogP contribution in [0.3, 0.4) is 0 Å². The van der Waals surface area contributed by atoms with Crippen LogP contribution in [0.1, 0.15) is 11.1 Å². The zero-order valence-corrected chi connectivity index (χ0v) is 20.4. The quantitative estimate of drug-likeness (QED) is 0.414. The first-order valence-corrected chi connectivity index (χ1v) is 10.4. The molecule has 0 amide bonds. The number of halogens is 2. The van der Waals surface area contributed by atoms with Crippen LogP contribution < -0.4 is 16.0 Å². The summed E-state index contributed by atoms with van der Waals surface area (Å²) in [5.41, 5.74) is 1.61. The Morgan fingerprint density at radius 1 is 1.00 bits per heavy atom. The minimum absolute atomic E-state index is 0. The normalized spacial score (nSPS) is 11.1. The van der Waals surface area contributed by atoms with Crippen molar-refractivity contribution < 1.29 is 4.74 Å². The highest BCUT2D eigenvalue weighted by Gasteiger charge is 2.21. The van der Waals surface area contributed by atoms with E-state index in [2.05, 4.69) is 9.88 Å². The minimum atomic E-state index is -0.450. The lowest BCUT2D eigenvalue weighted by Gasteiger charge is -2.13. The number of hydrogen-bond acceptors (Lipinski definition) is 5. The predicted molar refractivity (Wildman–Crippen MR) is 132 cm³/mol. The molecule has 0 N–H and O–H groups in total. The van der Waals surface area contributed by atoms with E-state index in [0.29, 0.717) is 17.3 Å². The monoisotopic (exact) mass is 489 g/mol. The maximum absolute atomic E-state index is 13.0. The molecule has 0 saturated carbocycles. The molecule has 0 aliphatic heterocycles. The van der Waals surface area contributed by atoms with Crippen LogP contribution in [0.15, 0.2) is 58.1 Å². The lowest BCUT2D eigenvalue weighted by Crippen LogP contribution is -2.37. The maximum atomic E-state index is 13.0. The summed E-state index contributed by atoms with van der Waals surface area (Å²) in [6.45, 7) is 1.06. The van der Waals surface area contributed by atoms with Crippen LogP contribution >= 0.6 is 24.0 Å². The van der Waals surface area contributed by atoms with Gasteiger partial charge in [-0.1, -0.05) is 35.9 Å². The van der Waals surface area contributed by atoms with Crippen molar-refractivity contribution in [2.75, 3.05) is 14.1 Å². The van der Waals surface area contributed by atoms with Crippen molar-refractivity contribution in [3.63, 3.8) is 0 Å². The number of fused-ring (bicyclic) bond motifs is 1. The van der Waals surface area contributed by atoms with Gasteiger partial charge in [-0.2, -0.15) is 4.98 Å². The van der Waals surface area contributed by atoms with Crippen molar-refractivity contribution in [2.45, 2.75) is 13.1 Å². The number of hydrogen-bond donors (Lipinski definition) is 0. The predicted octanol–water partition coefficient (Wildman–Crippen LogP) is 3.41. The average molecular weight is 490 g/mol. The van der Waals surface area contributed by atoms with E-state index >= 15 is 0 Å². The summed E-state index contributed by atoms with van der Waals surface area (Å²) in [5.74, 6) is 0.592. The zero-order valence-electron chi connectivity index (χ0n) is 18.8. The number of benzene rings is 2. The highest BCUT2D eigenvalue weighted by Crippen LogP contribution is 2.26. The van der Waals surface area contributed by atoms with Gasteiger partial charge in [0.25, 0.3) is 5.56 Å². The minimum Gasteiger partial charge on any atom is -0.425 e. The molecule has 0 bridgehead atoms. The first-order valence-electron chi connectivity index (χ1n) is 10.1. The van der Waals surface area contributed by atoms with Gasteiger partial charge in [-0.25, -0.2) is 4.79 Å². The lowest BCUT2D eigenvalue weighted by atomic mass is 10.2. The number of ether oxygens (including phenoxy) is 1. The SMILES string of the molecule is CN(C)Cc1cccc(Oc2nc3c(c(=O)n(C)c(=O)n3C)n2Cc2cccc(Cl)c2)c1.Cl. The van der Waals surface area contributed by atoms with E-state index in [1.54, 1.807) is 17.7 Å². The summed E-state index contributed by atoms with van der Waals surface area (Å²) in [5, 5.41) is 0.589. The van der Waals surface area contributed by atoms with Crippen LogP contribution in [0, 0.1) is 0 Å². The van der Waals surface area contributed by atoms with Crippen LogP contribution in [0.25, 0.3) is 11.2 Å². The van der Waals surface area contributed by atoms with Crippen LogP contribution in [0.4, 0.5) is 0 Å². The molecule has 2 aromatic carbocycles. The van der Waals surface area contributed by atoms with Gasteiger partial charge in [-0.3, -0.25) is 18.5 Å². The average Bonchev–Trinajstić information content (AvgIpc) is 3.08. The summed E-state index contributed by atoms with van der Waals surface area (Å²) in [6.07, 6.45) is 0. The van der Waals surface area contributed by atoms with Crippen molar-refractivity contribution in [3.8, 4) is 11.8 Å². The molecule has 0 fully saturated rings.